The van der Waals surface area contributed by atoms with Gasteiger partial charge in [-0.3, -0.25) is 14.2 Å². The van der Waals surface area contributed by atoms with Crippen LogP contribution in [0.2, 0.25) is 0 Å². The Morgan fingerprint density at radius 3 is 2.79 bits per heavy atom. The highest BCUT2D eigenvalue weighted by molar-refractivity contribution is 5.81. The maximum Gasteiger partial charge on any atom is 0.263 e. The fourth-order valence-electron chi connectivity index (χ4n) is 4.01. The van der Waals surface area contributed by atoms with Gasteiger partial charge in [-0.05, 0) is 55.7 Å². The molecule has 0 aliphatic heterocycles. The van der Waals surface area contributed by atoms with Crippen molar-refractivity contribution >= 4 is 16.9 Å². The van der Waals surface area contributed by atoms with E-state index in [2.05, 4.69) is 15.3 Å². The SMILES string of the molecule is CCC(C(=O)NCCc1ccccc1)n1cnc2nc3c(cc2c1=O)CCCC3. The van der Waals surface area contributed by atoms with E-state index >= 15 is 0 Å². The Morgan fingerprint density at radius 1 is 1.21 bits per heavy atom. The molecule has 3 aromatic rings. The first kappa shape index (κ1) is 19.3. The molecule has 0 fully saturated rings. The van der Waals surface area contributed by atoms with Crippen molar-refractivity contribution in [3.05, 3.63) is 69.9 Å². The molecule has 1 unspecified atom stereocenters. The number of benzene rings is 1. The molecule has 0 radical (unpaired) electrons. The first-order valence-electron chi connectivity index (χ1n) is 10.4. The smallest absolute Gasteiger partial charge is 0.263 e. The number of nitrogens with zero attached hydrogens (tertiary/aromatic N) is 3. The minimum Gasteiger partial charge on any atom is -0.354 e. The molecule has 0 saturated carbocycles. The Morgan fingerprint density at radius 2 is 2.00 bits per heavy atom. The first-order chi connectivity index (χ1) is 14.2. The molecule has 1 atom stereocenters. The van der Waals surface area contributed by atoms with Crippen molar-refractivity contribution in [1.82, 2.24) is 19.9 Å². The normalized spacial score (nSPS) is 14.4. The van der Waals surface area contributed by atoms with Gasteiger partial charge in [0.25, 0.3) is 5.56 Å². The average Bonchev–Trinajstić information content (AvgIpc) is 2.75. The molecule has 2 heterocycles. The summed E-state index contributed by atoms with van der Waals surface area (Å²) in [6.07, 6.45) is 6.88. The molecule has 1 aliphatic rings. The molecule has 0 bridgehead atoms. The fraction of sp³-hybridized carbons (Fsp3) is 0.391. The minimum absolute atomic E-state index is 0.155. The highest BCUT2D eigenvalue weighted by Crippen LogP contribution is 2.22. The summed E-state index contributed by atoms with van der Waals surface area (Å²) in [5, 5.41) is 3.47. The number of carbonyl (C=O) groups excluding carboxylic acids is 1. The van der Waals surface area contributed by atoms with Crippen LogP contribution < -0.4 is 10.9 Å². The summed E-state index contributed by atoms with van der Waals surface area (Å²) in [4.78, 5) is 34.9. The Bertz CT molecular complexity index is 1080. The second-order valence-electron chi connectivity index (χ2n) is 7.58. The van der Waals surface area contributed by atoms with E-state index < -0.39 is 6.04 Å². The molecular weight excluding hydrogens is 364 g/mol. The molecule has 1 N–H and O–H groups in total. The largest absolute Gasteiger partial charge is 0.354 e. The summed E-state index contributed by atoms with van der Waals surface area (Å²) in [6.45, 7) is 2.44. The number of rotatable bonds is 6. The third-order valence-electron chi connectivity index (χ3n) is 5.63. The molecule has 1 amide bonds. The number of carbonyl (C=O) groups is 1. The van der Waals surface area contributed by atoms with Crippen LogP contribution in [-0.4, -0.2) is 27.0 Å². The van der Waals surface area contributed by atoms with Crippen LogP contribution >= 0.6 is 0 Å². The number of fused-ring (bicyclic) bond motifs is 2. The van der Waals surface area contributed by atoms with Crippen molar-refractivity contribution in [3.8, 4) is 0 Å². The third-order valence-corrected chi connectivity index (χ3v) is 5.63. The van der Waals surface area contributed by atoms with Crippen LogP contribution in [0.15, 0.2) is 47.5 Å². The van der Waals surface area contributed by atoms with Crippen LogP contribution in [0.5, 0.6) is 0 Å². The van der Waals surface area contributed by atoms with E-state index in [1.165, 1.54) is 16.5 Å². The number of aromatic nitrogens is 3. The van der Waals surface area contributed by atoms with E-state index in [9.17, 15) is 9.59 Å². The highest BCUT2D eigenvalue weighted by atomic mass is 16.2. The topological polar surface area (TPSA) is 76.9 Å². The number of hydrogen-bond donors (Lipinski definition) is 1. The lowest BCUT2D eigenvalue weighted by atomic mass is 9.95. The van der Waals surface area contributed by atoms with Crippen molar-refractivity contribution in [2.75, 3.05) is 6.54 Å². The minimum atomic E-state index is -0.578. The molecule has 0 spiro atoms. The maximum absolute atomic E-state index is 13.1. The molecule has 150 valence electrons. The number of nitrogens with one attached hydrogen (secondary N) is 1. The van der Waals surface area contributed by atoms with Crippen LogP contribution in [0.4, 0.5) is 0 Å². The van der Waals surface area contributed by atoms with Crippen LogP contribution in [0.1, 0.15) is 49.0 Å². The molecule has 1 aliphatic carbocycles. The van der Waals surface area contributed by atoms with Crippen molar-refractivity contribution in [3.63, 3.8) is 0 Å². The molecule has 6 nitrogen and oxygen atoms in total. The van der Waals surface area contributed by atoms with E-state index in [4.69, 9.17) is 0 Å². The second kappa shape index (κ2) is 8.55. The van der Waals surface area contributed by atoms with Crippen LogP contribution in [0.25, 0.3) is 11.0 Å². The summed E-state index contributed by atoms with van der Waals surface area (Å²) >= 11 is 0. The lowest BCUT2D eigenvalue weighted by Gasteiger charge is -2.19. The van der Waals surface area contributed by atoms with Crippen LogP contribution in [0, 0.1) is 0 Å². The van der Waals surface area contributed by atoms with E-state index in [0.29, 0.717) is 24.0 Å². The van der Waals surface area contributed by atoms with Gasteiger partial charge in [-0.1, -0.05) is 37.3 Å². The molecule has 29 heavy (non-hydrogen) atoms. The highest BCUT2D eigenvalue weighted by Gasteiger charge is 2.22. The molecule has 0 saturated heterocycles. The van der Waals surface area contributed by atoms with Gasteiger partial charge in [-0.15, -0.1) is 0 Å². The van der Waals surface area contributed by atoms with Crippen LogP contribution in [-0.2, 0) is 24.1 Å². The van der Waals surface area contributed by atoms with Crippen LogP contribution in [0.3, 0.4) is 0 Å². The van der Waals surface area contributed by atoms with Gasteiger partial charge < -0.3 is 5.32 Å². The maximum atomic E-state index is 13.1. The van der Waals surface area contributed by atoms with Gasteiger partial charge in [0, 0.05) is 12.2 Å². The predicted molar refractivity (Wildman–Crippen MR) is 113 cm³/mol. The van der Waals surface area contributed by atoms with E-state index in [1.807, 2.05) is 43.3 Å². The lowest BCUT2D eigenvalue weighted by molar-refractivity contribution is -0.124. The standard InChI is InChI=1S/C23H26N4O2/c1-2-20(22(28)24-13-12-16-8-4-3-5-9-16)27-15-25-21-18(23(27)29)14-17-10-6-7-11-19(17)26-21/h3-5,8-9,14-15,20H,2,6-7,10-13H2,1H3,(H,24,28). The molecule has 2 aromatic heterocycles. The summed E-state index contributed by atoms with van der Waals surface area (Å²) in [7, 11) is 0. The second-order valence-corrected chi connectivity index (χ2v) is 7.58. The molecule has 1 aromatic carbocycles. The van der Waals surface area contributed by atoms with Gasteiger partial charge in [0.05, 0.1) is 5.39 Å². The first-order valence-corrected chi connectivity index (χ1v) is 10.4. The fourth-order valence-corrected chi connectivity index (χ4v) is 4.01. The van der Waals surface area contributed by atoms with Gasteiger partial charge in [-0.2, -0.15) is 0 Å². The Labute approximate surface area is 170 Å². The van der Waals surface area contributed by atoms with E-state index in [1.54, 1.807) is 0 Å². The third kappa shape index (κ3) is 4.06. The number of aryl methyl sites for hydroxylation is 2. The summed E-state index contributed by atoms with van der Waals surface area (Å²) in [6, 6.07) is 11.4. The zero-order valence-electron chi connectivity index (χ0n) is 16.7. The Hall–Kier alpha value is -3.02. The monoisotopic (exact) mass is 390 g/mol. The zero-order valence-corrected chi connectivity index (χ0v) is 16.7. The number of hydrogen-bond acceptors (Lipinski definition) is 4. The quantitative estimate of drug-likeness (QED) is 0.702. The van der Waals surface area contributed by atoms with Gasteiger partial charge in [-0.25, -0.2) is 9.97 Å². The Kier molecular flexibility index (Phi) is 5.69. The summed E-state index contributed by atoms with van der Waals surface area (Å²) in [5.74, 6) is -0.155. The van der Waals surface area contributed by atoms with Crippen molar-refractivity contribution < 1.29 is 4.79 Å². The average molecular weight is 390 g/mol. The van der Waals surface area contributed by atoms with Gasteiger partial charge >= 0.3 is 0 Å². The molecule has 4 rings (SSSR count). The lowest BCUT2D eigenvalue weighted by Crippen LogP contribution is -2.38. The number of pyridine rings is 1. The van der Waals surface area contributed by atoms with E-state index in [0.717, 1.165) is 43.4 Å². The van der Waals surface area contributed by atoms with Crippen molar-refractivity contribution in [2.24, 2.45) is 0 Å². The Balaban J connectivity index is 1.55. The molecule has 6 heteroatoms. The zero-order chi connectivity index (χ0) is 20.2. The van der Waals surface area contributed by atoms with Gasteiger partial charge in [0.1, 0.15) is 12.4 Å². The van der Waals surface area contributed by atoms with Gasteiger partial charge in [0.15, 0.2) is 5.65 Å². The predicted octanol–water partition coefficient (Wildman–Crippen LogP) is 2.98. The summed E-state index contributed by atoms with van der Waals surface area (Å²) in [5.41, 5.74) is 3.65. The van der Waals surface area contributed by atoms with Gasteiger partial charge in [0.2, 0.25) is 5.91 Å². The summed E-state index contributed by atoms with van der Waals surface area (Å²) < 4.78 is 1.46. The van der Waals surface area contributed by atoms with Crippen molar-refractivity contribution in [2.45, 2.75) is 51.5 Å². The van der Waals surface area contributed by atoms with Crippen molar-refractivity contribution in [1.29, 1.82) is 0 Å². The van der Waals surface area contributed by atoms with E-state index in [-0.39, 0.29) is 11.5 Å². The molecular formula is C23H26N4O2. The number of amides is 1.